The molecular weight excluding hydrogens is 236 g/mol. The van der Waals surface area contributed by atoms with Crippen LogP contribution in [0.25, 0.3) is 0 Å². The van der Waals surface area contributed by atoms with Gasteiger partial charge in [-0.1, -0.05) is 0 Å². The topological polar surface area (TPSA) is 81.5 Å². The fourth-order valence-corrected chi connectivity index (χ4v) is 2.11. The number of carbonyl (C=O) groups is 1. The van der Waals surface area contributed by atoms with Gasteiger partial charge in [0.2, 0.25) is 0 Å². The van der Waals surface area contributed by atoms with Crippen molar-refractivity contribution in [1.29, 1.82) is 0 Å². The molecular formula is C12H16N2O4. The monoisotopic (exact) mass is 252 g/mol. The number of hydrogen-bond donors (Lipinski definition) is 1. The van der Waals surface area contributed by atoms with E-state index in [-0.39, 0.29) is 5.69 Å². The van der Waals surface area contributed by atoms with Crippen LogP contribution in [0.1, 0.15) is 36.1 Å². The van der Waals surface area contributed by atoms with Crippen molar-refractivity contribution in [3.8, 4) is 0 Å². The number of rotatable bonds is 4. The summed E-state index contributed by atoms with van der Waals surface area (Å²) in [6.07, 6.45) is 2.75. The van der Waals surface area contributed by atoms with E-state index in [0.29, 0.717) is 38.5 Å². The second-order valence-corrected chi connectivity index (χ2v) is 4.11. The van der Waals surface area contributed by atoms with E-state index in [0.717, 1.165) is 0 Å². The second kappa shape index (κ2) is 5.41. The van der Waals surface area contributed by atoms with Crippen LogP contribution in [0.3, 0.4) is 0 Å². The Morgan fingerprint density at radius 3 is 2.89 bits per heavy atom. The Hall–Kier alpha value is -1.53. The Kier molecular flexibility index (Phi) is 3.88. The highest BCUT2D eigenvalue weighted by Crippen LogP contribution is 2.33. The molecule has 1 aliphatic rings. The predicted molar refractivity (Wildman–Crippen MR) is 62.3 cm³/mol. The van der Waals surface area contributed by atoms with E-state index in [1.165, 1.54) is 12.3 Å². The van der Waals surface area contributed by atoms with Crippen LogP contribution in [0.15, 0.2) is 12.3 Å². The van der Waals surface area contributed by atoms with E-state index in [2.05, 4.69) is 9.97 Å². The molecule has 2 rings (SSSR count). The summed E-state index contributed by atoms with van der Waals surface area (Å²) in [5, 5.41) is 8.97. The van der Waals surface area contributed by atoms with Gasteiger partial charge >= 0.3 is 5.97 Å². The number of aromatic nitrogens is 2. The minimum absolute atomic E-state index is 0.00873. The smallest absolute Gasteiger partial charge is 0.354 e. The van der Waals surface area contributed by atoms with Crippen molar-refractivity contribution in [2.75, 3.05) is 19.8 Å². The molecule has 1 aromatic heterocycles. The van der Waals surface area contributed by atoms with E-state index in [1.807, 2.05) is 6.92 Å². The molecule has 1 aromatic rings. The lowest BCUT2D eigenvalue weighted by molar-refractivity contribution is -0.117. The highest BCUT2D eigenvalue weighted by Gasteiger charge is 2.38. The van der Waals surface area contributed by atoms with Crippen LogP contribution in [-0.4, -0.2) is 40.9 Å². The molecule has 0 atom stereocenters. The fourth-order valence-electron chi connectivity index (χ4n) is 2.11. The van der Waals surface area contributed by atoms with Gasteiger partial charge in [-0.3, -0.25) is 0 Å². The van der Waals surface area contributed by atoms with Gasteiger partial charge in [-0.25, -0.2) is 14.8 Å². The molecule has 1 aliphatic heterocycles. The molecule has 2 heterocycles. The number of ether oxygens (including phenoxy) is 2. The van der Waals surface area contributed by atoms with Gasteiger partial charge < -0.3 is 14.6 Å². The molecule has 1 N–H and O–H groups in total. The lowest BCUT2D eigenvalue weighted by Crippen LogP contribution is -2.38. The average Bonchev–Trinajstić information content (AvgIpc) is 2.40. The van der Waals surface area contributed by atoms with Crippen molar-refractivity contribution in [3.05, 3.63) is 23.8 Å². The van der Waals surface area contributed by atoms with Crippen LogP contribution >= 0.6 is 0 Å². The minimum Gasteiger partial charge on any atom is -0.477 e. The van der Waals surface area contributed by atoms with Crippen molar-refractivity contribution in [1.82, 2.24) is 9.97 Å². The molecule has 0 radical (unpaired) electrons. The fraction of sp³-hybridized carbons (Fsp3) is 0.583. The van der Waals surface area contributed by atoms with E-state index < -0.39 is 11.6 Å². The Balaban J connectivity index is 2.35. The zero-order valence-corrected chi connectivity index (χ0v) is 10.3. The second-order valence-electron chi connectivity index (χ2n) is 4.11. The molecule has 1 saturated heterocycles. The molecule has 0 spiro atoms. The summed E-state index contributed by atoms with van der Waals surface area (Å²) < 4.78 is 11.1. The molecule has 6 heteroatoms. The normalized spacial score (nSPS) is 18.5. The first kappa shape index (κ1) is 12.9. The summed E-state index contributed by atoms with van der Waals surface area (Å²) in [5.41, 5.74) is -0.621. The standard InChI is InChI=1S/C12H16N2O4/c1-2-18-12(4-7-17-8-5-12)11-13-6-3-9(14-11)10(15)16/h3,6H,2,4-5,7-8H2,1H3,(H,15,16). The van der Waals surface area contributed by atoms with Crippen LogP contribution in [0.5, 0.6) is 0 Å². The third-order valence-corrected chi connectivity index (χ3v) is 3.00. The van der Waals surface area contributed by atoms with Gasteiger partial charge in [-0.05, 0) is 13.0 Å². The summed E-state index contributed by atoms with van der Waals surface area (Å²) in [5.74, 6) is -0.620. The summed E-state index contributed by atoms with van der Waals surface area (Å²) in [4.78, 5) is 19.2. The summed E-state index contributed by atoms with van der Waals surface area (Å²) in [7, 11) is 0. The van der Waals surface area contributed by atoms with Gasteiger partial charge in [0, 0.05) is 38.9 Å². The summed E-state index contributed by atoms with van der Waals surface area (Å²) in [6, 6.07) is 1.38. The van der Waals surface area contributed by atoms with Crippen LogP contribution in [0, 0.1) is 0 Å². The maximum Gasteiger partial charge on any atom is 0.354 e. The molecule has 98 valence electrons. The Morgan fingerprint density at radius 2 is 2.28 bits per heavy atom. The highest BCUT2D eigenvalue weighted by atomic mass is 16.5. The number of carboxylic acids is 1. The van der Waals surface area contributed by atoms with Crippen molar-refractivity contribution in [2.24, 2.45) is 0 Å². The maximum atomic E-state index is 10.9. The lowest BCUT2D eigenvalue weighted by Gasteiger charge is -2.35. The summed E-state index contributed by atoms with van der Waals surface area (Å²) >= 11 is 0. The Morgan fingerprint density at radius 1 is 1.56 bits per heavy atom. The first-order valence-corrected chi connectivity index (χ1v) is 5.96. The zero-order valence-electron chi connectivity index (χ0n) is 10.3. The SMILES string of the molecule is CCOC1(c2nccc(C(=O)O)n2)CCOCC1. The molecule has 0 bridgehead atoms. The molecule has 0 saturated carbocycles. The number of hydrogen-bond acceptors (Lipinski definition) is 5. The van der Waals surface area contributed by atoms with Gasteiger partial charge in [0.15, 0.2) is 11.5 Å². The van der Waals surface area contributed by atoms with Gasteiger partial charge in [0.25, 0.3) is 0 Å². The summed E-state index contributed by atoms with van der Waals surface area (Å²) in [6.45, 7) is 3.57. The van der Waals surface area contributed by atoms with Gasteiger partial charge in [-0.2, -0.15) is 0 Å². The lowest BCUT2D eigenvalue weighted by atomic mass is 9.93. The van der Waals surface area contributed by atoms with E-state index in [9.17, 15) is 4.79 Å². The number of nitrogens with zero attached hydrogens (tertiary/aromatic N) is 2. The van der Waals surface area contributed by atoms with Crippen molar-refractivity contribution >= 4 is 5.97 Å². The number of carboxylic acid groups (broad SMARTS) is 1. The molecule has 0 aliphatic carbocycles. The van der Waals surface area contributed by atoms with Gasteiger partial charge in [0.1, 0.15) is 5.60 Å². The molecule has 1 fully saturated rings. The van der Waals surface area contributed by atoms with Crippen molar-refractivity contribution in [3.63, 3.8) is 0 Å². The first-order valence-electron chi connectivity index (χ1n) is 5.96. The predicted octanol–water partition coefficient (Wildman–Crippen LogP) is 1.22. The molecule has 6 nitrogen and oxygen atoms in total. The third-order valence-electron chi connectivity index (χ3n) is 3.00. The van der Waals surface area contributed by atoms with Crippen LogP contribution in [-0.2, 0) is 15.1 Å². The molecule has 0 unspecified atom stereocenters. The minimum atomic E-state index is -1.06. The van der Waals surface area contributed by atoms with Crippen LogP contribution < -0.4 is 0 Å². The zero-order chi connectivity index (χ0) is 13.0. The van der Waals surface area contributed by atoms with Crippen molar-refractivity contribution in [2.45, 2.75) is 25.4 Å². The van der Waals surface area contributed by atoms with Crippen LogP contribution in [0.4, 0.5) is 0 Å². The average molecular weight is 252 g/mol. The van der Waals surface area contributed by atoms with Crippen molar-refractivity contribution < 1.29 is 19.4 Å². The molecule has 18 heavy (non-hydrogen) atoms. The largest absolute Gasteiger partial charge is 0.477 e. The van der Waals surface area contributed by atoms with Crippen LogP contribution in [0.2, 0.25) is 0 Å². The highest BCUT2D eigenvalue weighted by molar-refractivity contribution is 5.85. The van der Waals surface area contributed by atoms with E-state index in [1.54, 1.807) is 0 Å². The quantitative estimate of drug-likeness (QED) is 0.867. The molecule has 0 amide bonds. The Labute approximate surface area is 105 Å². The number of aromatic carboxylic acids is 1. The van der Waals surface area contributed by atoms with Gasteiger partial charge in [-0.15, -0.1) is 0 Å². The molecule has 0 aromatic carbocycles. The van der Waals surface area contributed by atoms with E-state index in [4.69, 9.17) is 14.6 Å². The third kappa shape index (κ3) is 2.49. The Bertz CT molecular complexity index is 424. The maximum absolute atomic E-state index is 10.9. The van der Waals surface area contributed by atoms with E-state index >= 15 is 0 Å². The first-order chi connectivity index (χ1) is 8.68. The van der Waals surface area contributed by atoms with Gasteiger partial charge in [0.05, 0.1) is 0 Å².